The van der Waals surface area contributed by atoms with Crippen LogP contribution in [0.2, 0.25) is 0 Å². The first-order valence-corrected chi connectivity index (χ1v) is 8.34. The minimum absolute atomic E-state index is 0.283. The lowest BCUT2D eigenvalue weighted by Gasteiger charge is -2.18. The highest BCUT2D eigenvalue weighted by molar-refractivity contribution is 7.62. The van der Waals surface area contributed by atoms with Crippen LogP contribution in [0.3, 0.4) is 0 Å². The summed E-state index contributed by atoms with van der Waals surface area (Å²) < 4.78 is 25.0. The van der Waals surface area contributed by atoms with Gasteiger partial charge in [0.05, 0.1) is 29.7 Å². The highest BCUT2D eigenvalue weighted by Crippen LogP contribution is 2.50. The van der Waals surface area contributed by atoms with Crippen molar-refractivity contribution in [1.29, 1.82) is 0 Å². The summed E-state index contributed by atoms with van der Waals surface area (Å²) in [5.41, 5.74) is 1.18. The van der Waals surface area contributed by atoms with E-state index < -0.39 is 7.60 Å². The smallest absolute Gasteiger partial charge is 0.363 e. The summed E-state index contributed by atoms with van der Waals surface area (Å²) in [5, 5.41) is 11.4. The molecular weight excluding hydrogens is 277 g/mol. The third kappa shape index (κ3) is 2.37. The van der Waals surface area contributed by atoms with Gasteiger partial charge in [-0.25, -0.2) is 0 Å². The fraction of sp³-hybridized carbons (Fsp3) is 0.429. The van der Waals surface area contributed by atoms with Gasteiger partial charge in [-0.3, -0.25) is 4.57 Å². The minimum atomic E-state index is -3.43. The molecule has 0 fully saturated rings. The van der Waals surface area contributed by atoms with Crippen LogP contribution in [0.4, 0.5) is 0 Å². The number of hydrogen-bond donors (Lipinski definition) is 1. The van der Waals surface area contributed by atoms with Crippen molar-refractivity contribution in [3.63, 3.8) is 0 Å². The summed E-state index contributed by atoms with van der Waals surface area (Å²) in [6, 6.07) is 7.26. The molecule has 0 bridgehead atoms. The molecule has 5 nitrogen and oxygen atoms in total. The Labute approximate surface area is 118 Å². The van der Waals surface area contributed by atoms with Gasteiger partial charge in [-0.15, -0.1) is 0 Å². The molecule has 1 N–H and O–H groups in total. The van der Waals surface area contributed by atoms with Gasteiger partial charge in [-0.2, -0.15) is 4.73 Å². The van der Waals surface area contributed by atoms with E-state index in [2.05, 4.69) is 0 Å². The van der Waals surface area contributed by atoms with Gasteiger partial charge in [-0.05, 0) is 26.3 Å². The van der Waals surface area contributed by atoms with Gasteiger partial charge in [-0.1, -0.05) is 25.1 Å². The Morgan fingerprint density at radius 3 is 2.30 bits per heavy atom. The summed E-state index contributed by atoms with van der Waals surface area (Å²) >= 11 is 0. The molecule has 0 amide bonds. The molecule has 110 valence electrons. The SMILES string of the molecule is CCOP(=O)(OCC)c1c(CC)n(O)c2ccccc12. The first kappa shape index (κ1) is 15.1. The Morgan fingerprint density at radius 2 is 1.75 bits per heavy atom. The fourth-order valence-electron chi connectivity index (χ4n) is 2.39. The molecule has 1 aromatic carbocycles. The van der Waals surface area contributed by atoms with Gasteiger partial charge in [0, 0.05) is 5.39 Å². The maximum Gasteiger partial charge on any atom is 0.363 e. The van der Waals surface area contributed by atoms with E-state index in [4.69, 9.17) is 9.05 Å². The first-order valence-electron chi connectivity index (χ1n) is 6.80. The van der Waals surface area contributed by atoms with Crippen molar-refractivity contribution in [3.8, 4) is 0 Å². The van der Waals surface area contributed by atoms with Crippen LogP contribution in [0.1, 0.15) is 26.5 Å². The third-order valence-corrected chi connectivity index (χ3v) is 5.37. The average Bonchev–Trinajstić information content (AvgIpc) is 2.73. The lowest BCUT2D eigenvalue weighted by molar-refractivity contribution is 0.190. The number of benzene rings is 1. The number of para-hydroxylation sites is 1. The monoisotopic (exact) mass is 297 g/mol. The summed E-state index contributed by atoms with van der Waals surface area (Å²) in [6.45, 7) is 6.01. The Bertz CT molecular complexity index is 640. The molecule has 20 heavy (non-hydrogen) atoms. The molecule has 2 rings (SSSR count). The molecule has 0 saturated carbocycles. The Kier molecular flexibility index (Phi) is 4.53. The predicted molar refractivity (Wildman–Crippen MR) is 79.0 cm³/mol. The van der Waals surface area contributed by atoms with Crippen LogP contribution in [0.25, 0.3) is 10.9 Å². The zero-order valence-electron chi connectivity index (χ0n) is 12.0. The maximum atomic E-state index is 13.1. The Balaban J connectivity index is 2.77. The van der Waals surface area contributed by atoms with Crippen molar-refractivity contribution < 1.29 is 18.8 Å². The number of rotatable bonds is 6. The van der Waals surface area contributed by atoms with Gasteiger partial charge < -0.3 is 14.3 Å². The van der Waals surface area contributed by atoms with Crippen molar-refractivity contribution in [2.24, 2.45) is 0 Å². The normalized spacial score (nSPS) is 12.2. The average molecular weight is 297 g/mol. The summed E-state index contributed by atoms with van der Waals surface area (Å²) in [6.07, 6.45) is 0.532. The van der Waals surface area contributed by atoms with Crippen molar-refractivity contribution in [3.05, 3.63) is 30.0 Å². The van der Waals surface area contributed by atoms with Gasteiger partial charge in [0.25, 0.3) is 0 Å². The lowest BCUT2D eigenvalue weighted by Crippen LogP contribution is -2.15. The highest BCUT2D eigenvalue weighted by atomic mass is 31.2. The molecule has 6 heteroatoms. The number of aromatic nitrogens is 1. The van der Waals surface area contributed by atoms with Gasteiger partial charge in [0.15, 0.2) is 0 Å². The fourth-order valence-corrected chi connectivity index (χ4v) is 4.45. The molecule has 0 aliphatic rings. The number of fused-ring (bicyclic) bond motifs is 1. The lowest BCUT2D eigenvalue weighted by atomic mass is 10.2. The molecule has 1 aromatic heterocycles. The largest absolute Gasteiger partial charge is 0.428 e. The molecule has 0 saturated heterocycles. The Hall–Kier alpha value is -1.29. The van der Waals surface area contributed by atoms with Crippen LogP contribution >= 0.6 is 7.60 Å². The van der Waals surface area contributed by atoms with Crippen molar-refractivity contribution >= 4 is 23.8 Å². The van der Waals surface area contributed by atoms with E-state index in [0.717, 1.165) is 4.73 Å². The highest BCUT2D eigenvalue weighted by Gasteiger charge is 2.34. The van der Waals surface area contributed by atoms with E-state index in [1.165, 1.54) is 0 Å². The molecule has 2 aromatic rings. The van der Waals surface area contributed by atoms with Gasteiger partial charge in [0.2, 0.25) is 0 Å². The van der Waals surface area contributed by atoms with Crippen LogP contribution in [-0.2, 0) is 20.0 Å². The quantitative estimate of drug-likeness (QED) is 0.656. The first-order chi connectivity index (χ1) is 9.59. The van der Waals surface area contributed by atoms with Crippen molar-refractivity contribution in [1.82, 2.24) is 4.73 Å². The third-order valence-electron chi connectivity index (χ3n) is 3.12. The topological polar surface area (TPSA) is 60.7 Å². The molecule has 0 aliphatic carbocycles. The number of hydrogen-bond acceptors (Lipinski definition) is 4. The second kappa shape index (κ2) is 6.00. The van der Waals surface area contributed by atoms with E-state index in [9.17, 15) is 9.77 Å². The zero-order chi connectivity index (χ0) is 14.8. The predicted octanol–water partition coefficient (Wildman–Crippen LogP) is 3.33. The Morgan fingerprint density at radius 1 is 1.15 bits per heavy atom. The molecule has 0 unspecified atom stereocenters. The van der Waals surface area contributed by atoms with Gasteiger partial charge >= 0.3 is 7.60 Å². The zero-order valence-corrected chi connectivity index (χ0v) is 12.9. The second-order valence-corrected chi connectivity index (χ2v) is 6.27. The van der Waals surface area contributed by atoms with Crippen molar-refractivity contribution in [2.45, 2.75) is 27.2 Å². The summed E-state index contributed by atoms with van der Waals surface area (Å²) in [5.74, 6) is 0. The van der Waals surface area contributed by atoms with Gasteiger partial charge in [0.1, 0.15) is 0 Å². The van der Waals surface area contributed by atoms with Crippen LogP contribution in [0.5, 0.6) is 0 Å². The number of nitrogens with zero attached hydrogens (tertiary/aromatic N) is 1. The van der Waals surface area contributed by atoms with Crippen molar-refractivity contribution in [2.75, 3.05) is 13.2 Å². The molecule has 0 atom stereocenters. The van der Waals surface area contributed by atoms with E-state index in [1.54, 1.807) is 19.9 Å². The molecule has 1 heterocycles. The van der Waals surface area contributed by atoms with Crippen LogP contribution in [0, 0.1) is 0 Å². The van der Waals surface area contributed by atoms with E-state index in [1.807, 2.05) is 25.1 Å². The molecule has 0 radical (unpaired) electrons. The second-order valence-electron chi connectivity index (χ2n) is 4.31. The molecular formula is C14H20NO4P. The van der Waals surface area contributed by atoms with Crippen LogP contribution in [0.15, 0.2) is 24.3 Å². The van der Waals surface area contributed by atoms with E-state index in [0.29, 0.717) is 28.3 Å². The van der Waals surface area contributed by atoms with E-state index in [-0.39, 0.29) is 13.2 Å². The van der Waals surface area contributed by atoms with Crippen LogP contribution < -0.4 is 5.30 Å². The summed E-state index contributed by atoms with van der Waals surface area (Å²) in [7, 11) is -3.43. The molecule has 0 spiro atoms. The van der Waals surface area contributed by atoms with Crippen LogP contribution in [-0.4, -0.2) is 23.2 Å². The molecule has 0 aliphatic heterocycles. The maximum absolute atomic E-state index is 13.1. The minimum Gasteiger partial charge on any atom is -0.428 e. The summed E-state index contributed by atoms with van der Waals surface area (Å²) in [4.78, 5) is 0. The standard InChI is InChI=1S/C14H20NO4P/c1-4-12-14(20(17,18-5-2)19-6-3)11-9-7-8-10-13(11)15(12)16/h7-10,16H,4-6H2,1-3H3. The van der Waals surface area contributed by atoms with E-state index >= 15 is 0 Å².